The van der Waals surface area contributed by atoms with Crippen molar-refractivity contribution in [3.8, 4) is 0 Å². The Bertz CT molecular complexity index is 599. The maximum Gasteiger partial charge on any atom is 0.242 e. The number of aromatic nitrogens is 3. The Kier molecular flexibility index (Phi) is 5.39. The molecule has 0 saturated heterocycles. The van der Waals surface area contributed by atoms with E-state index in [4.69, 9.17) is 0 Å². The maximum atomic E-state index is 13.4. The zero-order valence-electron chi connectivity index (χ0n) is 11.8. The number of nitrogens with one attached hydrogen (secondary N) is 2. The van der Waals surface area contributed by atoms with E-state index < -0.39 is 0 Å². The second-order valence-electron chi connectivity index (χ2n) is 4.56. The van der Waals surface area contributed by atoms with E-state index in [-0.39, 0.29) is 24.8 Å². The van der Waals surface area contributed by atoms with Gasteiger partial charge in [-0.25, -0.2) is 9.07 Å². The molecule has 0 saturated carbocycles. The Morgan fingerprint density at radius 3 is 2.90 bits per heavy atom. The third kappa shape index (κ3) is 4.64. The number of halogens is 1. The molecule has 21 heavy (non-hydrogen) atoms. The lowest BCUT2D eigenvalue weighted by Crippen LogP contribution is -2.27. The number of hydrogen-bond acceptors (Lipinski definition) is 4. The minimum Gasteiger partial charge on any atom is -0.350 e. The molecule has 1 amide bonds. The van der Waals surface area contributed by atoms with Gasteiger partial charge in [0.1, 0.15) is 12.4 Å². The number of hydrogen-bond donors (Lipinski definition) is 2. The van der Waals surface area contributed by atoms with Crippen LogP contribution in [0.2, 0.25) is 0 Å². The molecular weight excluding hydrogens is 273 g/mol. The van der Waals surface area contributed by atoms with Crippen molar-refractivity contribution < 1.29 is 9.18 Å². The highest BCUT2D eigenvalue weighted by Gasteiger charge is 2.07. The molecule has 0 aliphatic heterocycles. The minimum absolute atomic E-state index is 0.0631. The number of carbonyl (C=O) groups is 1. The first-order chi connectivity index (χ1) is 10.2. The lowest BCUT2D eigenvalue weighted by atomic mass is 10.2. The van der Waals surface area contributed by atoms with Crippen molar-refractivity contribution in [1.82, 2.24) is 25.6 Å². The van der Waals surface area contributed by atoms with Crippen molar-refractivity contribution in [1.29, 1.82) is 0 Å². The average molecular weight is 291 g/mol. The Morgan fingerprint density at radius 1 is 1.33 bits per heavy atom. The molecule has 2 N–H and O–H groups in total. The van der Waals surface area contributed by atoms with Gasteiger partial charge >= 0.3 is 0 Å². The maximum absolute atomic E-state index is 13.4. The van der Waals surface area contributed by atoms with Gasteiger partial charge in [0.25, 0.3) is 0 Å². The van der Waals surface area contributed by atoms with Crippen LogP contribution in [0.4, 0.5) is 4.39 Å². The summed E-state index contributed by atoms with van der Waals surface area (Å²) in [5.41, 5.74) is 1.23. The van der Waals surface area contributed by atoms with Crippen LogP contribution in [-0.4, -0.2) is 27.4 Å². The largest absolute Gasteiger partial charge is 0.350 e. The van der Waals surface area contributed by atoms with E-state index in [1.807, 2.05) is 6.92 Å². The molecule has 2 aromatic rings. The monoisotopic (exact) mass is 291 g/mol. The van der Waals surface area contributed by atoms with Gasteiger partial charge in [0.2, 0.25) is 5.91 Å². The summed E-state index contributed by atoms with van der Waals surface area (Å²) < 4.78 is 14.9. The highest BCUT2D eigenvalue weighted by Crippen LogP contribution is 2.05. The Balaban J connectivity index is 1.82. The van der Waals surface area contributed by atoms with E-state index in [0.717, 1.165) is 12.2 Å². The van der Waals surface area contributed by atoms with Crippen molar-refractivity contribution in [3.63, 3.8) is 0 Å². The molecule has 1 aromatic heterocycles. The zero-order valence-corrected chi connectivity index (χ0v) is 11.8. The molecule has 0 aliphatic rings. The summed E-state index contributed by atoms with van der Waals surface area (Å²) in [4.78, 5) is 11.8. The number of carbonyl (C=O) groups excluding carboxylic acids is 1. The highest BCUT2D eigenvalue weighted by molar-refractivity contribution is 5.75. The second-order valence-corrected chi connectivity index (χ2v) is 4.56. The quantitative estimate of drug-likeness (QED) is 0.793. The van der Waals surface area contributed by atoms with Crippen LogP contribution >= 0.6 is 0 Å². The first-order valence-corrected chi connectivity index (χ1v) is 6.79. The van der Waals surface area contributed by atoms with Gasteiger partial charge < -0.3 is 10.6 Å². The molecule has 1 aromatic carbocycles. The van der Waals surface area contributed by atoms with Gasteiger partial charge in [0, 0.05) is 18.7 Å². The molecule has 0 aliphatic carbocycles. The molecule has 6 nitrogen and oxygen atoms in total. The van der Waals surface area contributed by atoms with E-state index in [2.05, 4.69) is 20.9 Å². The fourth-order valence-corrected chi connectivity index (χ4v) is 1.79. The Morgan fingerprint density at radius 2 is 2.14 bits per heavy atom. The van der Waals surface area contributed by atoms with E-state index in [1.165, 1.54) is 10.7 Å². The predicted octanol–water partition coefficient (Wildman–Crippen LogP) is 0.843. The van der Waals surface area contributed by atoms with Crippen molar-refractivity contribution in [2.24, 2.45) is 0 Å². The van der Waals surface area contributed by atoms with Crippen LogP contribution in [0, 0.1) is 5.82 Å². The van der Waals surface area contributed by atoms with Crippen LogP contribution < -0.4 is 10.6 Å². The van der Waals surface area contributed by atoms with E-state index in [0.29, 0.717) is 12.1 Å². The molecule has 1 heterocycles. The zero-order chi connectivity index (χ0) is 15.1. The standard InChI is InChI=1S/C14H18FN5O/c1-2-16-8-12-9-20(19-18-12)10-14(21)17-7-11-5-3-4-6-13(11)15/h3-6,9,16H,2,7-8,10H2,1H3,(H,17,21). The topological polar surface area (TPSA) is 71.8 Å². The average Bonchev–Trinajstić information content (AvgIpc) is 2.91. The molecule has 0 unspecified atom stereocenters. The smallest absolute Gasteiger partial charge is 0.242 e. The fraction of sp³-hybridized carbons (Fsp3) is 0.357. The number of benzene rings is 1. The summed E-state index contributed by atoms with van der Waals surface area (Å²) in [7, 11) is 0. The number of nitrogens with zero attached hydrogens (tertiary/aromatic N) is 3. The molecule has 0 spiro atoms. The third-order valence-electron chi connectivity index (χ3n) is 2.88. The van der Waals surface area contributed by atoms with Crippen LogP contribution in [0.25, 0.3) is 0 Å². The van der Waals surface area contributed by atoms with Gasteiger partial charge in [-0.3, -0.25) is 4.79 Å². The molecule has 0 bridgehead atoms. The number of rotatable bonds is 7. The van der Waals surface area contributed by atoms with Gasteiger partial charge in [-0.2, -0.15) is 0 Å². The number of amides is 1. The molecule has 112 valence electrons. The van der Waals surface area contributed by atoms with E-state index in [1.54, 1.807) is 24.4 Å². The van der Waals surface area contributed by atoms with Gasteiger partial charge in [0.15, 0.2) is 0 Å². The van der Waals surface area contributed by atoms with Crippen LogP contribution in [0.3, 0.4) is 0 Å². The van der Waals surface area contributed by atoms with Crippen molar-refractivity contribution in [3.05, 3.63) is 47.5 Å². The van der Waals surface area contributed by atoms with Gasteiger partial charge in [-0.1, -0.05) is 30.3 Å². The summed E-state index contributed by atoms with van der Waals surface area (Å²) in [6.45, 7) is 3.68. The predicted molar refractivity (Wildman–Crippen MR) is 75.6 cm³/mol. The molecule has 2 rings (SSSR count). The first kappa shape index (κ1) is 15.1. The SMILES string of the molecule is CCNCc1cn(CC(=O)NCc2ccccc2F)nn1. The molecular formula is C14H18FN5O. The molecule has 7 heteroatoms. The fourth-order valence-electron chi connectivity index (χ4n) is 1.79. The summed E-state index contributed by atoms with van der Waals surface area (Å²) >= 11 is 0. The van der Waals surface area contributed by atoms with Gasteiger partial charge in [0.05, 0.1) is 11.9 Å². The van der Waals surface area contributed by atoms with E-state index >= 15 is 0 Å². The Labute approximate surface area is 122 Å². The summed E-state index contributed by atoms with van der Waals surface area (Å²) in [6, 6.07) is 6.35. The lowest BCUT2D eigenvalue weighted by Gasteiger charge is -2.05. The summed E-state index contributed by atoms with van der Waals surface area (Å²) in [5, 5.41) is 13.6. The highest BCUT2D eigenvalue weighted by atomic mass is 19.1. The third-order valence-corrected chi connectivity index (χ3v) is 2.88. The Hall–Kier alpha value is -2.28. The minimum atomic E-state index is -0.327. The van der Waals surface area contributed by atoms with Crippen molar-refractivity contribution >= 4 is 5.91 Å². The summed E-state index contributed by atoms with van der Waals surface area (Å²) in [5.74, 6) is -0.565. The van der Waals surface area contributed by atoms with Crippen molar-refractivity contribution in [2.75, 3.05) is 6.54 Å². The first-order valence-electron chi connectivity index (χ1n) is 6.79. The van der Waals surface area contributed by atoms with Crippen LogP contribution in [0.5, 0.6) is 0 Å². The second kappa shape index (κ2) is 7.49. The van der Waals surface area contributed by atoms with Crippen molar-refractivity contribution in [2.45, 2.75) is 26.6 Å². The van der Waals surface area contributed by atoms with E-state index in [9.17, 15) is 9.18 Å². The lowest BCUT2D eigenvalue weighted by molar-refractivity contribution is -0.122. The summed E-state index contributed by atoms with van der Waals surface area (Å²) in [6.07, 6.45) is 1.71. The molecule has 0 atom stereocenters. The van der Waals surface area contributed by atoms with Crippen LogP contribution in [-0.2, 0) is 24.4 Å². The molecule has 0 fully saturated rings. The van der Waals surface area contributed by atoms with Crippen LogP contribution in [0.1, 0.15) is 18.2 Å². The van der Waals surface area contributed by atoms with Gasteiger partial charge in [-0.15, -0.1) is 5.10 Å². The van der Waals surface area contributed by atoms with Crippen LogP contribution in [0.15, 0.2) is 30.5 Å². The van der Waals surface area contributed by atoms with Gasteiger partial charge in [-0.05, 0) is 12.6 Å². The normalized spacial score (nSPS) is 10.6. The molecule has 0 radical (unpaired) electrons.